The van der Waals surface area contributed by atoms with E-state index >= 15 is 0 Å². The predicted molar refractivity (Wildman–Crippen MR) is 74.8 cm³/mol. The van der Waals surface area contributed by atoms with Crippen molar-refractivity contribution in [1.29, 1.82) is 0 Å². The molecule has 0 fully saturated rings. The first-order chi connectivity index (χ1) is 9.10. The molecule has 2 N–H and O–H groups in total. The number of carbonyl (C=O) groups is 1. The zero-order valence-corrected chi connectivity index (χ0v) is 11.6. The number of carboxylic acids is 1. The fourth-order valence-electron chi connectivity index (χ4n) is 1.65. The van der Waals surface area contributed by atoms with Crippen LogP contribution in [0.5, 0.6) is 0 Å². The van der Waals surface area contributed by atoms with Crippen molar-refractivity contribution in [2.75, 3.05) is 5.32 Å². The maximum atomic E-state index is 11.0. The number of aromatic nitrogens is 2. The van der Waals surface area contributed by atoms with Gasteiger partial charge in [0.25, 0.3) is 0 Å². The van der Waals surface area contributed by atoms with Crippen LogP contribution in [-0.4, -0.2) is 21.0 Å². The highest BCUT2D eigenvalue weighted by Crippen LogP contribution is 2.16. The van der Waals surface area contributed by atoms with Crippen LogP contribution in [0.1, 0.15) is 33.5 Å². The number of nitrogens with one attached hydrogen (secondary N) is 1. The Morgan fingerprint density at radius 3 is 2.84 bits per heavy atom. The Balaban J connectivity index is 2.17. The highest BCUT2D eigenvalue weighted by atomic mass is 32.1. The van der Waals surface area contributed by atoms with Crippen molar-refractivity contribution in [3.05, 3.63) is 39.5 Å². The molecule has 0 aliphatic carbocycles. The zero-order valence-electron chi connectivity index (χ0n) is 10.8. The van der Waals surface area contributed by atoms with E-state index in [4.69, 9.17) is 5.11 Å². The quantitative estimate of drug-likeness (QED) is 0.879. The van der Waals surface area contributed by atoms with Crippen molar-refractivity contribution < 1.29 is 9.90 Å². The van der Waals surface area contributed by atoms with Gasteiger partial charge in [0.2, 0.25) is 0 Å². The molecule has 5 nitrogen and oxygen atoms in total. The van der Waals surface area contributed by atoms with E-state index in [1.165, 1.54) is 0 Å². The van der Waals surface area contributed by atoms with E-state index in [2.05, 4.69) is 15.3 Å². The minimum absolute atomic E-state index is 0.260. The van der Waals surface area contributed by atoms with Crippen molar-refractivity contribution in [3.8, 4) is 0 Å². The van der Waals surface area contributed by atoms with E-state index < -0.39 is 5.97 Å². The van der Waals surface area contributed by atoms with Gasteiger partial charge < -0.3 is 10.4 Å². The molecular formula is C13H15N3O2S. The second kappa shape index (κ2) is 5.79. The number of anilines is 1. The van der Waals surface area contributed by atoms with Gasteiger partial charge in [-0.05, 0) is 25.5 Å². The molecule has 0 atom stereocenters. The van der Waals surface area contributed by atoms with Crippen molar-refractivity contribution in [2.45, 2.75) is 26.8 Å². The Morgan fingerprint density at radius 2 is 2.26 bits per heavy atom. The molecule has 0 aliphatic rings. The highest BCUT2D eigenvalue weighted by Gasteiger charge is 2.08. The molecule has 2 aromatic heterocycles. The standard InChI is InChI=1S/C13H15N3O2S/c1-3-10-4-9(13(17)18)5-12(16-10)14-6-11-8(2)15-7-19-11/h4-5,7H,3,6H2,1-2H3,(H,14,16)(H,17,18). The molecule has 0 aliphatic heterocycles. The largest absolute Gasteiger partial charge is 0.478 e. The molecule has 19 heavy (non-hydrogen) atoms. The van der Waals surface area contributed by atoms with Gasteiger partial charge in [-0.2, -0.15) is 0 Å². The van der Waals surface area contributed by atoms with Gasteiger partial charge in [-0.25, -0.2) is 14.8 Å². The van der Waals surface area contributed by atoms with Gasteiger partial charge in [-0.1, -0.05) is 6.92 Å². The van der Waals surface area contributed by atoms with Gasteiger partial charge >= 0.3 is 5.97 Å². The summed E-state index contributed by atoms with van der Waals surface area (Å²) in [6.45, 7) is 4.51. The lowest BCUT2D eigenvalue weighted by Gasteiger charge is -2.08. The Morgan fingerprint density at radius 1 is 1.47 bits per heavy atom. The fourth-order valence-corrected chi connectivity index (χ4v) is 2.37. The summed E-state index contributed by atoms with van der Waals surface area (Å²) >= 11 is 1.57. The van der Waals surface area contributed by atoms with E-state index in [0.717, 1.165) is 16.3 Å². The third-order valence-electron chi connectivity index (χ3n) is 2.76. The topological polar surface area (TPSA) is 75.1 Å². The van der Waals surface area contributed by atoms with Gasteiger partial charge in [0.1, 0.15) is 5.82 Å². The summed E-state index contributed by atoms with van der Waals surface area (Å²) in [6, 6.07) is 3.16. The summed E-state index contributed by atoms with van der Waals surface area (Å²) in [4.78, 5) is 20.7. The van der Waals surface area contributed by atoms with E-state index in [1.807, 2.05) is 13.8 Å². The zero-order chi connectivity index (χ0) is 13.8. The Kier molecular flexibility index (Phi) is 4.11. The molecule has 0 unspecified atom stereocenters. The molecule has 2 heterocycles. The van der Waals surface area contributed by atoms with E-state index in [0.29, 0.717) is 18.8 Å². The van der Waals surface area contributed by atoms with Crippen LogP contribution in [-0.2, 0) is 13.0 Å². The average Bonchev–Trinajstić information content (AvgIpc) is 2.81. The SMILES string of the molecule is CCc1cc(C(=O)O)cc(NCc2scnc2C)n1. The summed E-state index contributed by atoms with van der Waals surface area (Å²) in [5.41, 5.74) is 3.81. The predicted octanol–water partition coefficient (Wildman–Crippen LogP) is 2.72. The molecule has 0 saturated carbocycles. The maximum Gasteiger partial charge on any atom is 0.335 e. The summed E-state index contributed by atoms with van der Waals surface area (Å²) < 4.78 is 0. The number of hydrogen-bond acceptors (Lipinski definition) is 5. The monoisotopic (exact) mass is 277 g/mol. The van der Waals surface area contributed by atoms with Crippen LogP contribution in [0.4, 0.5) is 5.82 Å². The number of thiazole rings is 1. The van der Waals surface area contributed by atoms with Crippen molar-refractivity contribution in [1.82, 2.24) is 9.97 Å². The van der Waals surface area contributed by atoms with Crippen molar-refractivity contribution in [2.24, 2.45) is 0 Å². The third kappa shape index (κ3) is 3.29. The average molecular weight is 277 g/mol. The van der Waals surface area contributed by atoms with Crippen LogP contribution in [0, 0.1) is 6.92 Å². The number of carboxylic acid groups (broad SMARTS) is 1. The van der Waals surface area contributed by atoms with Gasteiger partial charge in [0.15, 0.2) is 0 Å². The van der Waals surface area contributed by atoms with Crippen molar-refractivity contribution in [3.63, 3.8) is 0 Å². The number of hydrogen-bond donors (Lipinski definition) is 2. The first-order valence-electron chi connectivity index (χ1n) is 5.97. The fraction of sp³-hybridized carbons (Fsp3) is 0.308. The summed E-state index contributed by atoms with van der Waals surface area (Å²) in [7, 11) is 0. The molecular weight excluding hydrogens is 262 g/mol. The lowest BCUT2D eigenvalue weighted by Crippen LogP contribution is -2.06. The van der Waals surface area contributed by atoms with Gasteiger partial charge in [-0.15, -0.1) is 11.3 Å². The van der Waals surface area contributed by atoms with E-state index in [-0.39, 0.29) is 5.56 Å². The molecule has 2 aromatic rings. The van der Waals surface area contributed by atoms with Crippen LogP contribution in [0.3, 0.4) is 0 Å². The first kappa shape index (κ1) is 13.5. The molecule has 100 valence electrons. The number of aromatic carboxylic acids is 1. The molecule has 0 amide bonds. The van der Waals surface area contributed by atoms with E-state index in [9.17, 15) is 4.79 Å². The number of nitrogens with zero attached hydrogens (tertiary/aromatic N) is 2. The molecule has 6 heteroatoms. The highest BCUT2D eigenvalue weighted by molar-refractivity contribution is 7.09. The molecule has 0 saturated heterocycles. The number of rotatable bonds is 5. The van der Waals surface area contributed by atoms with Crippen LogP contribution in [0.25, 0.3) is 0 Å². The summed E-state index contributed by atoms with van der Waals surface area (Å²) in [6.07, 6.45) is 0.704. The van der Waals surface area contributed by atoms with Crippen LogP contribution in [0.15, 0.2) is 17.6 Å². The smallest absolute Gasteiger partial charge is 0.335 e. The van der Waals surface area contributed by atoms with Gasteiger partial charge in [0, 0.05) is 10.6 Å². The lowest BCUT2D eigenvalue weighted by atomic mass is 10.2. The van der Waals surface area contributed by atoms with Crippen molar-refractivity contribution >= 4 is 23.1 Å². The second-order valence-corrected chi connectivity index (χ2v) is 5.04. The lowest BCUT2D eigenvalue weighted by molar-refractivity contribution is 0.0696. The normalized spacial score (nSPS) is 10.4. The Labute approximate surface area is 115 Å². The van der Waals surface area contributed by atoms with Crippen LogP contribution in [0.2, 0.25) is 0 Å². The van der Waals surface area contributed by atoms with Crippen LogP contribution < -0.4 is 5.32 Å². The Hall–Kier alpha value is -1.95. The second-order valence-electron chi connectivity index (χ2n) is 4.11. The number of pyridine rings is 1. The van der Waals surface area contributed by atoms with Gasteiger partial charge in [-0.3, -0.25) is 0 Å². The molecule has 0 aromatic carbocycles. The molecule has 0 radical (unpaired) electrons. The third-order valence-corrected chi connectivity index (χ3v) is 3.70. The Bertz CT molecular complexity index is 595. The summed E-state index contributed by atoms with van der Waals surface area (Å²) in [5, 5.41) is 12.2. The van der Waals surface area contributed by atoms with E-state index in [1.54, 1.807) is 29.0 Å². The molecule has 0 spiro atoms. The maximum absolute atomic E-state index is 11.0. The van der Waals surface area contributed by atoms with Crippen LogP contribution >= 0.6 is 11.3 Å². The van der Waals surface area contributed by atoms with Gasteiger partial charge in [0.05, 0.1) is 23.3 Å². The summed E-state index contributed by atoms with van der Waals surface area (Å²) in [5.74, 6) is -0.348. The molecule has 2 rings (SSSR count). The molecule has 0 bridgehead atoms. The number of aryl methyl sites for hydroxylation is 2. The minimum Gasteiger partial charge on any atom is -0.478 e. The minimum atomic E-state index is -0.936. The first-order valence-corrected chi connectivity index (χ1v) is 6.85.